The number of hydrogen-bond donors (Lipinski definition) is 3. The Labute approximate surface area is 181 Å². The van der Waals surface area contributed by atoms with Crippen LogP contribution in [0.25, 0.3) is 0 Å². The van der Waals surface area contributed by atoms with Crippen LogP contribution in [0.15, 0.2) is 58.0 Å². The number of aromatic amines is 1. The SMILES string of the molecule is NCc1ccccc1CC(=O)NC1C(=O)N2C=C(CSc3ccc(=O)[nH]n3)CS[C@H]12. The Hall–Kier alpha value is -2.56. The maximum absolute atomic E-state index is 12.5. The molecule has 0 spiro atoms. The summed E-state index contributed by atoms with van der Waals surface area (Å²) >= 11 is 3.14. The quantitative estimate of drug-likeness (QED) is 0.428. The molecule has 0 aliphatic carbocycles. The van der Waals surface area contributed by atoms with E-state index in [1.165, 1.54) is 17.8 Å². The van der Waals surface area contributed by atoms with Crippen LogP contribution in [0.5, 0.6) is 0 Å². The van der Waals surface area contributed by atoms with Crippen molar-refractivity contribution in [1.29, 1.82) is 0 Å². The van der Waals surface area contributed by atoms with Gasteiger partial charge in [-0.25, -0.2) is 5.10 Å². The molecular formula is C20H21N5O3S2. The Kier molecular flexibility index (Phi) is 6.26. The summed E-state index contributed by atoms with van der Waals surface area (Å²) in [6.07, 6.45) is 2.08. The van der Waals surface area contributed by atoms with Crippen LogP contribution in [0, 0.1) is 0 Å². The van der Waals surface area contributed by atoms with Crippen LogP contribution >= 0.6 is 23.5 Å². The summed E-state index contributed by atoms with van der Waals surface area (Å²) in [6, 6.07) is 10.2. The smallest absolute Gasteiger partial charge is 0.264 e. The summed E-state index contributed by atoms with van der Waals surface area (Å²) in [5.74, 6) is 1.17. The summed E-state index contributed by atoms with van der Waals surface area (Å²) in [4.78, 5) is 37.8. The number of nitrogens with two attached hydrogens (primary N) is 1. The fourth-order valence-electron chi connectivity index (χ4n) is 3.34. The molecule has 4 N–H and O–H groups in total. The lowest BCUT2D eigenvalue weighted by molar-refractivity contribution is -0.144. The van der Waals surface area contributed by atoms with Crippen LogP contribution in [-0.2, 0) is 22.6 Å². The molecule has 1 fully saturated rings. The van der Waals surface area contributed by atoms with Crippen LogP contribution in [0.4, 0.5) is 0 Å². The Morgan fingerprint density at radius 1 is 1.27 bits per heavy atom. The standard InChI is InChI=1S/C20H21N5O3S2/c21-8-14-4-2-1-3-13(14)7-16(27)22-18-19(28)25-9-12(11-30-20(18)25)10-29-17-6-5-15(26)23-24-17/h1-6,9,18,20H,7-8,10-11,21H2,(H,22,27)(H,23,26)/t18?,20-/m1/s1. The number of β-lactam (4-membered cyclic amide) rings is 1. The second-order valence-electron chi connectivity index (χ2n) is 6.98. The molecule has 0 radical (unpaired) electrons. The van der Waals surface area contributed by atoms with Gasteiger partial charge in [-0.15, -0.1) is 23.5 Å². The van der Waals surface area contributed by atoms with E-state index in [-0.39, 0.29) is 29.2 Å². The molecule has 0 saturated carbocycles. The summed E-state index contributed by atoms with van der Waals surface area (Å²) in [7, 11) is 0. The molecule has 2 atom stereocenters. The number of benzene rings is 1. The van der Waals surface area contributed by atoms with Gasteiger partial charge >= 0.3 is 0 Å². The van der Waals surface area contributed by atoms with Gasteiger partial charge in [0.1, 0.15) is 16.4 Å². The zero-order chi connectivity index (χ0) is 21.1. The molecule has 1 saturated heterocycles. The predicted octanol–water partition coefficient (Wildman–Crippen LogP) is 0.847. The Morgan fingerprint density at radius 3 is 2.80 bits per heavy atom. The molecule has 1 aromatic heterocycles. The van der Waals surface area contributed by atoms with E-state index in [9.17, 15) is 14.4 Å². The first-order valence-corrected chi connectivity index (χ1v) is 11.5. The predicted molar refractivity (Wildman–Crippen MR) is 117 cm³/mol. The molecule has 1 unspecified atom stereocenters. The number of fused-ring (bicyclic) bond motifs is 1. The zero-order valence-corrected chi connectivity index (χ0v) is 17.7. The Balaban J connectivity index is 1.32. The normalized spacial score (nSPS) is 20.2. The van der Waals surface area contributed by atoms with Crippen molar-refractivity contribution in [3.63, 3.8) is 0 Å². The number of thioether (sulfide) groups is 2. The number of nitrogens with one attached hydrogen (secondary N) is 2. The third kappa shape index (κ3) is 4.45. The lowest BCUT2D eigenvalue weighted by Crippen LogP contribution is -2.68. The molecule has 10 heteroatoms. The van der Waals surface area contributed by atoms with Gasteiger partial charge in [0.15, 0.2) is 0 Å². The largest absolute Gasteiger partial charge is 0.341 e. The highest BCUT2D eigenvalue weighted by molar-refractivity contribution is 8.01. The average Bonchev–Trinajstić information content (AvgIpc) is 2.77. The fourth-order valence-corrected chi connectivity index (χ4v) is 5.52. The van der Waals surface area contributed by atoms with Gasteiger partial charge in [-0.1, -0.05) is 24.3 Å². The van der Waals surface area contributed by atoms with Crippen LogP contribution in [0.3, 0.4) is 0 Å². The minimum Gasteiger partial charge on any atom is -0.341 e. The Morgan fingerprint density at radius 2 is 2.07 bits per heavy atom. The van der Waals surface area contributed by atoms with Crippen molar-refractivity contribution < 1.29 is 9.59 Å². The van der Waals surface area contributed by atoms with E-state index in [0.717, 1.165) is 27.5 Å². The topological polar surface area (TPSA) is 121 Å². The minimum absolute atomic E-state index is 0.0776. The first-order valence-electron chi connectivity index (χ1n) is 9.43. The molecule has 2 amide bonds. The number of nitrogens with zero attached hydrogens (tertiary/aromatic N) is 2. The molecule has 0 bridgehead atoms. The number of rotatable bonds is 7. The lowest BCUT2D eigenvalue weighted by Gasteiger charge is -2.47. The fraction of sp³-hybridized carbons (Fsp3) is 0.300. The van der Waals surface area contributed by atoms with Crippen molar-refractivity contribution in [3.05, 3.63) is 69.7 Å². The van der Waals surface area contributed by atoms with Crippen LogP contribution < -0.4 is 16.6 Å². The van der Waals surface area contributed by atoms with Gasteiger partial charge in [0, 0.05) is 30.3 Å². The van der Waals surface area contributed by atoms with Gasteiger partial charge in [-0.05, 0) is 22.8 Å². The number of H-pyrrole nitrogens is 1. The van der Waals surface area contributed by atoms with Gasteiger partial charge in [0.2, 0.25) is 5.91 Å². The van der Waals surface area contributed by atoms with E-state index in [1.807, 2.05) is 30.5 Å². The van der Waals surface area contributed by atoms with Crippen LogP contribution in [-0.4, -0.2) is 49.8 Å². The highest BCUT2D eigenvalue weighted by Crippen LogP contribution is 2.37. The molecule has 3 heterocycles. The van der Waals surface area contributed by atoms with Gasteiger partial charge in [0.25, 0.3) is 11.5 Å². The first-order chi connectivity index (χ1) is 14.5. The highest BCUT2D eigenvalue weighted by Gasteiger charge is 2.49. The van der Waals surface area contributed by atoms with E-state index >= 15 is 0 Å². The molecule has 1 aromatic carbocycles. The average molecular weight is 444 g/mol. The van der Waals surface area contributed by atoms with Crippen LogP contribution in [0.2, 0.25) is 0 Å². The molecule has 4 rings (SSSR count). The maximum Gasteiger partial charge on any atom is 0.264 e. The van der Waals surface area contributed by atoms with Crippen molar-refractivity contribution >= 4 is 35.3 Å². The first kappa shape index (κ1) is 20.7. The van der Waals surface area contributed by atoms with Crippen LogP contribution in [0.1, 0.15) is 11.1 Å². The molecule has 2 aromatic rings. The number of amides is 2. The van der Waals surface area contributed by atoms with Crippen molar-refractivity contribution in [2.24, 2.45) is 5.73 Å². The van der Waals surface area contributed by atoms with E-state index < -0.39 is 6.04 Å². The number of aromatic nitrogens is 2. The van der Waals surface area contributed by atoms with E-state index in [0.29, 0.717) is 12.3 Å². The van der Waals surface area contributed by atoms with E-state index in [4.69, 9.17) is 5.73 Å². The third-order valence-corrected chi connectivity index (χ3v) is 7.32. The summed E-state index contributed by atoms with van der Waals surface area (Å²) in [5.41, 5.74) is 8.41. The monoisotopic (exact) mass is 443 g/mol. The molecular weight excluding hydrogens is 422 g/mol. The molecule has 8 nitrogen and oxygen atoms in total. The van der Waals surface area contributed by atoms with Crippen molar-refractivity contribution in [2.45, 2.75) is 29.4 Å². The molecule has 2 aliphatic rings. The number of carbonyl (C=O) groups excluding carboxylic acids is 2. The lowest BCUT2D eigenvalue weighted by atomic mass is 10.0. The molecule has 2 aliphatic heterocycles. The second kappa shape index (κ2) is 9.07. The third-order valence-electron chi connectivity index (χ3n) is 4.91. The summed E-state index contributed by atoms with van der Waals surface area (Å²) < 4.78 is 0. The zero-order valence-electron chi connectivity index (χ0n) is 16.0. The van der Waals surface area contributed by atoms with Crippen molar-refractivity contribution in [3.8, 4) is 0 Å². The summed E-state index contributed by atoms with van der Waals surface area (Å²) in [6.45, 7) is 0.373. The minimum atomic E-state index is -0.501. The Bertz CT molecular complexity index is 1030. The number of carbonyl (C=O) groups is 2. The summed E-state index contributed by atoms with van der Waals surface area (Å²) in [5, 5.41) is 9.90. The second-order valence-corrected chi connectivity index (χ2v) is 9.08. The molecule has 156 valence electrons. The van der Waals surface area contributed by atoms with Gasteiger partial charge in [0.05, 0.1) is 6.42 Å². The maximum atomic E-state index is 12.5. The van der Waals surface area contributed by atoms with E-state index in [1.54, 1.807) is 22.7 Å². The van der Waals surface area contributed by atoms with Crippen molar-refractivity contribution in [1.82, 2.24) is 20.4 Å². The van der Waals surface area contributed by atoms with Gasteiger partial charge in [-0.3, -0.25) is 14.4 Å². The number of hydrogen-bond acceptors (Lipinski definition) is 7. The highest BCUT2D eigenvalue weighted by atomic mass is 32.2. The van der Waals surface area contributed by atoms with E-state index in [2.05, 4.69) is 15.5 Å². The van der Waals surface area contributed by atoms with Gasteiger partial charge < -0.3 is 16.0 Å². The molecule has 30 heavy (non-hydrogen) atoms. The van der Waals surface area contributed by atoms with Crippen molar-refractivity contribution in [2.75, 3.05) is 11.5 Å². The van der Waals surface area contributed by atoms with Gasteiger partial charge in [-0.2, -0.15) is 5.10 Å².